The van der Waals surface area contributed by atoms with Crippen molar-refractivity contribution in [3.05, 3.63) is 23.2 Å². The quantitative estimate of drug-likeness (QED) is 0.660. The van der Waals surface area contributed by atoms with Crippen LogP contribution in [0.4, 0.5) is 0 Å². The smallest absolute Gasteiger partial charge is 0.372 e. The van der Waals surface area contributed by atoms with Crippen LogP contribution in [0, 0.1) is 6.92 Å². The predicted octanol–water partition coefficient (Wildman–Crippen LogP) is 0.745. The minimum Gasteiger partial charge on any atom is -0.475 e. The topological polar surface area (TPSA) is 76.5 Å². The van der Waals surface area contributed by atoms with Crippen molar-refractivity contribution in [1.29, 1.82) is 0 Å². The first-order chi connectivity index (χ1) is 5.15. The molecule has 1 aromatic rings. The molecule has 4 heteroatoms. The van der Waals surface area contributed by atoms with Gasteiger partial charge < -0.3 is 15.3 Å². The molecule has 0 radical (unpaired) electrons. The van der Waals surface area contributed by atoms with Gasteiger partial charge in [0.25, 0.3) is 0 Å². The van der Waals surface area contributed by atoms with Gasteiger partial charge in [0, 0.05) is 5.56 Å². The van der Waals surface area contributed by atoms with E-state index in [9.17, 15) is 4.79 Å². The van der Waals surface area contributed by atoms with Gasteiger partial charge in [0.05, 0.1) is 6.54 Å². The van der Waals surface area contributed by atoms with Crippen LogP contribution < -0.4 is 5.73 Å². The van der Waals surface area contributed by atoms with E-state index < -0.39 is 5.97 Å². The molecule has 1 aromatic heterocycles. The summed E-state index contributed by atoms with van der Waals surface area (Å²) in [6, 6.07) is 1.63. The molecule has 60 valence electrons. The second-order valence-electron chi connectivity index (χ2n) is 2.23. The fourth-order valence-electron chi connectivity index (χ4n) is 0.861. The average molecular weight is 155 g/mol. The average Bonchev–Trinajstić information content (AvgIpc) is 2.30. The second-order valence-corrected chi connectivity index (χ2v) is 2.23. The lowest BCUT2D eigenvalue weighted by molar-refractivity contribution is 0.0659. The lowest BCUT2D eigenvalue weighted by Crippen LogP contribution is -1.96. The number of furan rings is 1. The second kappa shape index (κ2) is 2.75. The van der Waals surface area contributed by atoms with E-state index >= 15 is 0 Å². The Hall–Kier alpha value is -1.29. The number of carbonyl (C=O) groups is 1. The van der Waals surface area contributed by atoms with Crippen LogP contribution in [0.1, 0.15) is 21.9 Å². The lowest BCUT2D eigenvalue weighted by Gasteiger charge is -1.87. The van der Waals surface area contributed by atoms with Crippen LogP contribution in [-0.2, 0) is 6.54 Å². The molecule has 0 spiro atoms. The van der Waals surface area contributed by atoms with E-state index in [1.165, 1.54) is 0 Å². The molecule has 0 aliphatic carbocycles. The van der Waals surface area contributed by atoms with Gasteiger partial charge in [-0.15, -0.1) is 0 Å². The molecule has 11 heavy (non-hydrogen) atoms. The number of hydrogen-bond acceptors (Lipinski definition) is 3. The molecule has 0 aliphatic rings. The summed E-state index contributed by atoms with van der Waals surface area (Å²) in [5.74, 6) is -0.576. The van der Waals surface area contributed by atoms with Crippen molar-refractivity contribution in [3.8, 4) is 0 Å². The molecular formula is C7H9NO3. The predicted molar refractivity (Wildman–Crippen MR) is 38.3 cm³/mol. The van der Waals surface area contributed by atoms with Crippen LogP contribution >= 0.6 is 0 Å². The zero-order chi connectivity index (χ0) is 8.43. The van der Waals surface area contributed by atoms with Gasteiger partial charge in [-0.25, -0.2) is 4.79 Å². The Morgan fingerprint density at radius 1 is 1.82 bits per heavy atom. The molecule has 0 saturated heterocycles. The minimum atomic E-state index is -1.05. The molecule has 1 heterocycles. The Morgan fingerprint density at radius 2 is 2.45 bits per heavy atom. The summed E-state index contributed by atoms with van der Waals surface area (Å²) >= 11 is 0. The number of aryl methyl sites for hydroxylation is 1. The van der Waals surface area contributed by atoms with E-state index in [1.54, 1.807) is 13.0 Å². The third-order valence-electron chi connectivity index (χ3n) is 1.36. The van der Waals surface area contributed by atoms with Gasteiger partial charge in [0.1, 0.15) is 5.76 Å². The molecule has 0 aromatic carbocycles. The Morgan fingerprint density at radius 3 is 2.73 bits per heavy atom. The molecule has 0 atom stereocenters. The first kappa shape index (κ1) is 7.81. The van der Waals surface area contributed by atoms with Crippen molar-refractivity contribution >= 4 is 5.97 Å². The first-order valence-corrected chi connectivity index (χ1v) is 3.18. The number of carboxylic acid groups (broad SMARTS) is 1. The molecule has 0 bridgehead atoms. The third kappa shape index (κ3) is 1.40. The highest BCUT2D eigenvalue weighted by Crippen LogP contribution is 2.13. The van der Waals surface area contributed by atoms with Crippen molar-refractivity contribution in [2.45, 2.75) is 13.5 Å². The maximum Gasteiger partial charge on any atom is 0.372 e. The van der Waals surface area contributed by atoms with E-state index in [4.69, 9.17) is 15.3 Å². The summed E-state index contributed by atoms with van der Waals surface area (Å²) in [4.78, 5) is 10.4. The zero-order valence-electron chi connectivity index (χ0n) is 6.13. The van der Waals surface area contributed by atoms with E-state index in [2.05, 4.69) is 0 Å². The third-order valence-corrected chi connectivity index (χ3v) is 1.36. The van der Waals surface area contributed by atoms with E-state index in [1.807, 2.05) is 0 Å². The molecule has 0 saturated carbocycles. The minimum absolute atomic E-state index is 0.0227. The van der Waals surface area contributed by atoms with Crippen LogP contribution in [0.25, 0.3) is 0 Å². The van der Waals surface area contributed by atoms with E-state index in [-0.39, 0.29) is 12.3 Å². The molecular weight excluding hydrogens is 146 g/mol. The van der Waals surface area contributed by atoms with Gasteiger partial charge in [-0.1, -0.05) is 0 Å². The van der Waals surface area contributed by atoms with Crippen molar-refractivity contribution in [3.63, 3.8) is 0 Å². The van der Waals surface area contributed by atoms with Gasteiger partial charge in [0.15, 0.2) is 0 Å². The number of aromatic carboxylic acids is 1. The van der Waals surface area contributed by atoms with Crippen molar-refractivity contribution < 1.29 is 14.3 Å². The molecule has 3 N–H and O–H groups in total. The summed E-state index contributed by atoms with van der Waals surface area (Å²) in [7, 11) is 0. The molecule has 1 rings (SSSR count). The first-order valence-electron chi connectivity index (χ1n) is 3.18. The highest BCUT2D eigenvalue weighted by Gasteiger charge is 2.12. The normalized spacial score (nSPS) is 10.0. The van der Waals surface area contributed by atoms with Crippen LogP contribution in [0.3, 0.4) is 0 Å². The Bertz CT molecular complexity index is 277. The zero-order valence-corrected chi connectivity index (χ0v) is 6.13. The molecule has 0 fully saturated rings. The van der Waals surface area contributed by atoms with Crippen molar-refractivity contribution in [2.75, 3.05) is 0 Å². The van der Waals surface area contributed by atoms with E-state index in [0.29, 0.717) is 11.3 Å². The Balaban J connectivity index is 3.07. The van der Waals surface area contributed by atoms with Crippen LogP contribution in [-0.4, -0.2) is 11.1 Å². The molecule has 0 unspecified atom stereocenters. The maximum absolute atomic E-state index is 10.4. The fraction of sp³-hybridized carbons (Fsp3) is 0.286. The standard InChI is InChI=1S/C7H9NO3/c1-4-2-5(3-8)11-6(4)7(9)10/h2H,3,8H2,1H3,(H,9,10). The van der Waals surface area contributed by atoms with Crippen molar-refractivity contribution in [1.82, 2.24) is 0 Å². The van der Waals surface area contributed by atoms with Crippen LogP contribution in [0.5, 0.6) is 0 Å². The number of hydrogen-bond donors (Lipinski definition) is 2. The fourth-order valence-corrected chi connectivity index (χ4v) is 0.861. The number of nitrogens with two attached hydrogens (primary N) is 1. The summed E-state index contributed by atoms with van der Waals surface area (Å²) in [5, 5.41) is 8.54. The van der Waals surface area contributed by atoms with Gasteiger partial charge >= 0.3 is 5.97 Å². The van der Waals surface area contributed by atoms with Gasteiger partial charge in [-0.3, -0.25) is 0 Å². The van der Waals surface area contributed by atoms with Gasteiger partial charge in [-0.2, -0.15) is 0 Å². The largest absolute Gasteiger partial charge is 0.475 e. The highest BCUT2D eigenvalue weighted by atomic mass is 16.4. The number of rotatable bonds is 2. The molecule has 4 nitrogen and oxygen atoms in total. The number of carboxylic acids is 1. The molecule has 0 amide bonds. The summed E-state index contributed by atoms with van der Waals surface area (Å²) in [6.07, 6.45) is 0. The summed E-state index contributed by atoms with van der Waals surface area (Å²) < 4.78 is 4.90. The van der Waals surface area contributed by atoms with Crippen molar-refractivity contribution in [2.24, 2.45) is 5.73 Å². The Kier molecular flexibility index (Phi) is 1.96. The highest BCUT2D eigenvalue weighted by molar-refractivity contribution is 5.86. The van der Waals surface area contributed by atoms with Gasteiger partial charge in [-0.05, 0) is 13.0 Å². The maximum atomic E-state index is 10.4. The van der Waals surface area contributed by atoms with Crippen LogP contribution in [0.2, 0.25) is 0 Å². The summed E-state index contributed by atoms with van der Waals surface area (Å²) in [5.41, 5.74) is 5.85. The summed E-state index contributed by atoms with van der Waals surface area (Å²) in [6.45, 7) is 1.90. The van der Waals surface area contributed by atoms with Crippen LogP contribution in [0.15, 0.2) is 10.5 Å². The van der Waals surface area contributed by atoms with E-state index in [0.717, 1.165) is 0 Å². The SMILES string of the molecule is Cc1cc(CN)oc1C(=O)O. The Labute approximate surface area is 63.6 Å². The molecule has 0 aliphatic heterocycles. The lowest BCUT2D eigenvalue weighted by atomic mass is 10.3. The van der Waals surface area contributed by atoms with Gasteiger partial charge in [0.2, 0.25) is 5.76 Å². The monoisotopic (exact) mass is 155 g/mol.